The van der Waals surface area contributed by atoms with Crippen LogP contribution in [0.25, 0.3) is 0 Å². The Bertz CT molecular complexity index is 1400. The Balaban J connectivity index is 4.60. The minimum absolute atomic E-state index is 0.0111. The highest BCUT2D eigenvalue weighted by Gasteiger charge is 2.25. The number of quaternary nitrogens is 1. The van der Waals surface area contributed by atoms with Gasteiger partial charge >= 0.3 is 11.9 Å². The van der Waals surface area contributed by atoms with Gasteiger partial charge in [-0.2, -0.15) is 0 Å². The molecule has 0 aliphatic rings. The molecular weight excluding hydrogens is 727 g/mol. The summed E-state index contributed by atoms with van der Waals surface area (Å²) in [5.74, 6) is -1.92. The molecule has 0 aliphatic heterocycles. The van der Waals surface area contributed by atoms with Crippen LogP contribution in [0.15, 0.2) is 134 Å². The maximum atomic E-state index is 12.7. The van der Waals surface area contributed by atoms with Crippen LogP contribution >= 0.6 is 0 Å². The van der Waals surface area contributed by atoms with E-state index in [9.17, 15) is 19.5 Å². The molecule has 0 aliphatic carbocycles. The normalized spacial score (nSPS) is 14.3. The average Bonchev–Trinajstić information content (AvgIpc) is 3.18. The number of hydrogen-bond acceptors (Lipinski definition) is 7. The quantitative estimate of drug-likeness (QED) is 0.0207. The van der Waals surface area contributed by atoms with E-state index in [1.807, 2.05) is 60.8 Å². The number of nitrogens with zero attached hydrogens (tertiary/aromatic N) is 1. The molecule has 322 valence electrons. The van der Waals surface area contributed by atoms with Gasteiger partial charge < -0.3 is 28.6 Å². The Morgan fingerprint density at radius 3 is 1.55 bits per heavy atom. The van der Waals surface area contributed by atoms with Gasteiger partial charge in [-0.1, -0.05) is 154 Å². The Labute approximate surface area is 352 Å². The first-order valence-corrected chi connectivity index (χ1v) is 21.3. The third-order valence-electron chi connectivity index (χ3n) is 8.42. The molecule has 8 heteroatoms. The number of likely N-dealkylation sites (N-methyl/N-ethyl adjacent to an activating group) is 1. The molecule has 0 N–H and O–H groups in total. The van der Waals surface area contributed by atoms with Gasteiger partial charge in [0.15, 0.2) is 6.10 Å². The molecule has 0 aromatic heterocycles. The van der Waals surface area contributed by atoms with Crippen LogP contribution in [0.4, 0.5) is 0 Å². The molecule has 0 amide bonds. The lowest BCUT2D eigenvalue weighted by Gasteiger charge is -2.34. The number of unbranched alkanes of at least 4 members (excludes halogenated alkanes) is 3. The van der Waals surface area contributed by atoms with Gasteiger partial charge in [0.1, 0.15) is 12.6 Å². The third-order valence-corrected chi connectivity index (χ3v) is 8.42. The van der Waals surface area contributed by atoms with Crippen molar-refractivity contribution in [3.8, 4) is 0 Å². The molecule has 0 aromatic carbocycles. The summed E-state index contributed by atoms with van der Waals surface area (Å²) in [7, 11) is 5.34. The molecule has 0 spiro atoms. The largest absolute Gasteiger partial charge is 0.544 e. The summed E-state index contributed by atoms with van der Waals surface area (Å²) in [6.45, 7) is 4.23. The zero-order chi connectivity index (χ0) is 42.8. The molecule has 0 bridgehead atoms. The molecule has 2 unspecified atom stereocenters. The minimum atomic E-state index is -1.15. The maximum absolute atomic E-state index is 12.7. The van der Waals surface area contributed by atoms with E-state index < -0.39 is 24.1 Å². The predicted molar refractivity (Wildman–Crippen MR) is 240 cm³/mol. The van der Waals surface area contributed by atoms with Crippen molar-refractivity contribution in [2.45, 2.75) is 122 Å². The molecule has 8 nitrogen and oxygen atoms in total. The molecule has 0 fully saturated rings. The van der Waals surface area contributed by atoms with Gasteiger partial charge in [-0.3, -0.25) is 9.59 Å². The monoisotopic (exact) mass is 802 g/mol. The highest BCUT2D eigenvalue weighted by Crippen LogP contribution is 2.10. The fourth-order valence-electron chi connectivity index (χ4n) is 5.17. The number of carbonyl (C=O) groups is 3. The number of carboxylic acids is 1. The summed E-state index contributed by atoms with van der Waals surface area (Å²) >= 11 is 0. The Kier molecular flexibility index (Phi) is 36.2. The average molecular weight is 802 g/mol. The molecule has 2 atom stereocenters. The summed E-state index contributed by atoms with van der Waals surface area (Å²) in [5.41, 5.74) is 0. The highest BCUT2D eigenvalue weighted by atomic mass is 16.6. The standard InChI is InChI=1S/C50H75NO7/c1-6-8-10-12-14-16-18-20-22-23-24-25-27-28-30-32-34-36-38-40-48(52)57-45-46(44-56-43-42-47(50(54)55)51(3,4)5)58-49(53)41-39-37-35-33-31-29-26-21-19-17-15-13-11-9-7-2/h8-11,13-17,19-22,24-26,28-31,34,36,46-47H,6-7,12,18,23,27,32-33,35,37-45H2,1-5H3/b10-8+,11-9+,15-13+,16-14+,19-17+,22-20+,25-24+,26-21+,30-28+,31-29+,36-34+. The van der Waals surface area contributed by atoms with E-state index in [1.165, 1.54) is 0 Å². The van der Waals surface area contributed by atoms with E-state index in [2.05, 4.69) is 86.8 Å². The lowest BCUT2D eigenvalue weighted by atomic mass is 10.1. The van der Waals surface area contributed by atoms with Gasteiger partial charge in [0.25, 0.3) is 0 Å². The molecule has 0 radical (unpaired) electrons. The second kappa shape index (κ2) is 39.3. The van der Waals surface area contributed by atoms with Gasteiger partial charge in [-0.25, -0.2) is 0 Å². The van der Waals surface area contributed by atoms with Crippen LogP contribution < -0.4 is 5.11 Å². The number of allylic oxidation sites excluding steroid dienone is 22. The van der Waals surface area contributed by atoms with E-state index >= 15 is 0 Å². The van der Waals surface area contributed by atoms with E-state index in [1.54, 1.807) is 21.1 Å². The number of hydrogen-bond donors (Lipinski definition) is 0. The van der Waals surface area contributed by atoms with Crippen LogP contribution in [0.5, 0.6) is 0 Å². The highest BCUT2D eigenvalue weighted by molar-refractivity contribution is 5.70. The van der Waals surface area contributed by atoms with Crippen LogP contribution in [0.1, 0.15) is 110 Å². The van der Waals surface area contributed by atoms with Gasteiger partial charge in [0.05, 0.1) is 40.3 Å². The van der Waals surface area contributed by atoms with E-state index in [-0.39, 0.29) is 49.5 Å². The van der Waals surface area contributed by atoms with Gasteiger partial charge in [0, 0.05) is 19.3 Å². The zero-order valence-electron chi connectivity index (χ0n) is 36.4. The van der Waals surface area contributed by atoms with Crippen molar-refractivity contribution in [1.29, 1.82) is 0 Å². The van der Waals surface area contributed by atoms with Gasteiger partial charge in [-0.05, 0) is 70.6 Å². The van der Waals surface area contributed by atoms with Crippen molar-refractivity contribution >= 4 is 17.9 Å². The summed E-state index contributed by atoms with van der Waals surface area (Å²) in [5, 5.41) is 11.6. The van der Waals surface area contributed by atoms with Crippen LogP contribution in [0.2, 0.25) is 0 Å². The van der Waals surface area contributed by atoms with Crippen molar-refractivity contribution in [3.63, 3.8) is 0 Å². The van der Waals surface area contributed by atoms with Crippen LogP contribution in [0, 0.1) is 0 Å². The van der Waals surface area contributed by atoms with Crippen molar-refractivity contribution in [1.82, 2.24) is 0 Å². The number of carbonyl (C=O) groups excluding carboxylic acids is 3. The smallest absolute Gasteiger partial charge is 0.306 e. The molecule has 0 rings (SSSR count). The van der Waals surface area contributed by atoms with E-state index in [0.29, 0.717) is 12.8 Å². The van der Waals surface area contributed by atoms with Gasteiger partial charge in [-0.15, -0.1) is 0 Å². The summed E-state index contributed by atoms with van der Waals surface area (Å²) in [6.07, 6.45) is 56.4. The zero-order valence-corrected chi connectivity index (χ0v) is 36.4. The number of esters is 2. The number of aliphatic carboxylic acids is 1. The van der Waals surface area contributed by atoms with Crippen LogP contribution in [-0.4, -0.2) is 75.5 Å². The lowest BCUT2D eigenvalue weighted by molar-refractivity contribution is -0.889. The number of carboxylic acid groups (broad SMARTS) is 1. The fraction of sp³-hybridized carbons (Fsp3) is 0.500. The Morgan fingerprint density at radius 2 is 1.03 bits per heavy atom. The molecule has 0 aromatic rings. The maximum Gasteiger partial charge on any atom is 0.306 e. The van der Waals surface area contributed by atoms with Gasteiger partial charge in [0.2, 0.25) is 0 Å². The predicted octanol–water partition coefficient (Wildman–Crippen LogP) is 10.3. The number of rotatable bonds is 35. The first kappa shape index (κ1) is 53.5. The summed E-state index contributed by atoms with van der Waals surface area (Å²) < 4.78 is 17.0. The minimum Gasteiger partial charge on any atom is -0.544 e. The third kappa shape index (κ3) is 37.1. The topological polar surface area (TPSA) is 102 Å². The Morgan fingerprint density at radius 1 is 0.534 bits per heavy atom. The SMILES string of the molecule is CC/C=C/C=C/C=C/C=C/C=C/CCCCCC(=O)OC(COCCC(C(=O)[O-])[N+](C)(C)C)COC(=O)CC/C=C/C/C=C/C/C=C/C/C=C/C/C=C/C/C=C/CC. The molecular formula is C50H75NO7. The number of ether oxygens (including phenoxy) is 3. The second-order valence-electron chi connectivity index (χ2n) is 14.6. The first-order chi connectivity index (χ1) is 28.1. The lowest BCUT2D eigenvalue weighted by Crippen LogP contribution is -2.55. The fourth-order valence-corrected chi connectivity index (χ4v) is 5.17. The molecule has 0 saturated carbocycles. The van der Waals surface area contributed by atoms with Crippen molar-refractivity contribution < 1.29 is 38.2 Å². The van der Waals surface area contributed by atoms with E-state index in [0.717, 1.165) is 64.2 Å². The molecule has 58 heavy (non-hydrogen) atoms. The first-order valence-electron chi connectivity index (χ1n) is 21.3. The van der Waals surface area contributed by atoms with Crippen LogP contribution in [0.3, 0.4) is 0 Å². The summed E-state index contributed by atoms with van der Waals surface area (Å²) in [4.78, 5) is 36.8. The van der Waals surface area contributed by atoms with Crippen LogP contribution in [-0.2, 0) is 28.6 Å². The van der Waals surface area contributed by atoms with Crippen molar-refractivity contribution in [2.24, 2.45) is 0 Å². The summed E-state index contributed by atoms with van der Waals surface area (Å²) in [6, 6.07) is -0.754. The second-order valence-corrected chi connectivity index (χ2v) is 14.6. The Hall–Kier alpha value is -4.53. The van der Waals surface area contributed by atoms with Crippen molar-refractivity contribution in [2.75, 3.05) is 41.0 Å². The molecule has 0 heterocycles. The van der Waals surface area contributed by atoms with Crippen molar-refractivity contribution in [3.05, 3.63) is 134 Å². The molecule has 0 saturated heterocycles. The van der Waals surface area contributed by atoms with E-state index in [4.69, 9.17) is 14.2 Å².